The highest BCUT2D eigenvalue weighted by Gasteiger charge is 2.36. The number of aromatic carboxylic acids is 1. The van der Waals surface area contributed by atoms with Crippen molar-refractivity contribution in [1.82, 2.24) is 14.4 Å². The molecule has 10 heteroatoms. The Bertz CT molecular complexity index is 1240. The van der Waals surface area contributed by atoms with Gasteiger partial charge in [-0.15, -0.1) is 0 Å². The number of aromatic nitrogens is 3. The average Bonchev–Trinajstić information content (AvgIpc) is 2.73. The van der Waals surface area contributed by atoms with Crippen LogP contribution in [0, 0.1) is 6.92 Å². The van der Waals surface area contributed by atoms with Gasteiger partial charge in [-0.05, 0) is 44.0 Å². The largest absolute Gasteiger partial charge is 0.476 e. The van der Waals surface area contributed by atoms with Gasteiger partial charge in [-0.3, -0.25) is 9.20 Å². The number of nitrogens with zero attached hydrogens (tertiary/aromatic N) is 4. The zero-order chi connectivity index (χ0) is 23.0. The number of carboxylic acids is 1. The summed E-state index contributed by atoms with van der Waals surface area (Å²) in [5, 5.41) is 12.5. The molecule has 0 radical (unpaired) electrons. The summed E-state index contributed by atoms with van der Waals surface area (Å²) in [5.41, 5.74) is 1.58. The molecule has 2 N–H and O–H groups in total. The number of rotatable bonds is 5. The van der Waals surface area contributed by atoms with Gasteiger partial charge in [-0.2, -0.15) is 0 Å². The molecule has 4 rings (SSSR count). The first-order chi connectivity index (χ1) is 15.1. The van der Waals surface area contributed by atoms with Gasteiger partial charge in [0, 0.05) is 37.0 Å². The normalized spacial score (nSPS) is 16.7. The van der Waals surface area contributed by atoms with E-state index in [0.29, 0.717) is 29.9 Å². The average molecular weight is 443 g/mol. The molecule has 32 heavy (non-hydrogen) atoms. The summed E-state index contributed by atoms with van der Waals surface area (Å²) in [5.74, 6) is -3.79. The first-order valence-corrected chi connectivity index (χ1v) is 10.3. The van der Waals surface area contributed by atoms with E-state index in [-0.39, 0.29) is 23.5 Å². The fraction of sp³-hybridized carbons (Fsp3) is 0.364. The molecule has 8 nitrogen and oxygen atoms in total. The number of nitrogens with one attached hydrogen (secondary N) is 1. The number of aryl methyl sites for hydroxylation is 1. The maximum atomic E-state index is 13.9. The minimum atomic E-state index is -2.83. The molecule has 1 atom stereocenters. The first-order valence-electron chi connectivity index (χ1n) is 10.3. The molecule has 0 aliphatic carbocycles. The van der Waals surface area contributed by atoms with Gasteiger partial charge in [-0.1, -0.05) is 0 Å². The molecule has 1 aliphatic heterocycles. The number of hydrogen-bond donors (Lipinski definition) is 2. The molecule has 0 saturated carbocycles. The lowest BCUT2D eigenvalue weighted by molar-refractivity contribution is -0.0118. The SMILES string of the molecule is Cc1cc([C@@H](C)Nc2cccnc2C(=O)O)c2nc(N3CCCC(F)(F)C3)cc(=O)n2c1. The van der Waals surface area contributed by atoms with Crippen molar-refractivity contribution in [3.8, 4) is 0 Å². The van der Waals surface area contributed by atoms with Crippen LogP contribution in [0.15, 0.2) is 41.5 Å². The lowest BCUT2D eigenvalue weighted by Crippen LogP contribution is -2.43. The molecule has 0 bridgehead atoms. The Morgan fingerprint density at radius 3 is 2.84 bits per heavy atom. The van der Waals surface area contributed by atoms with Crippen LogP contribution >= 0.6 is 0 Å². The highest BCUT2D eigenvalue weighted by atomic mass is 19.3. The number of hydrogen-bond acceptors (Lipinski definition) is 6. The Hall–Kier alpha value is -3.56. The third kappa shape index (κ3) is 4.25. The van der Waals surface area contributed by atoms with Crippen molar-refractivity contribution in [2.75, 3.05) is 23.3 Å². The standard InChI is InChI=1S/C22H23F2N5O3/c1-13-9-15(14(2)26-16-5-3-7-25-19(16)21(31)32)20-27-17(10-18(30)29(20)11-13)28-8-4-6-22(23,24)12-28/h3,5,7,9-11,14,26H,4,6,8,12H2,1-2H3,(H,31,32)/t14-/m1/s1. The third-order valence-corrected chi connectivity index (χ3v) is 5.48. The Morgan fingerprint density at radius 2 is 2.12 bits per heavy atom. The second-order valence-corrected chi connectivity index (χ2v) is 8.07. The van der Waals surface area contributed by atoms with Gasteiger partial charge >= 0.3 is 5.97 Å². The van der Waals surface area contributed by atoms with Crippen LogP contribution in [-0.4, -0.2) is 44.5 Å². The van der Waals surface area contributed by atoms with Gasteiger partial charge in [0.05, 0.1) is 18.3 Å². The molecule has 3 aromatic rings. The summed E-state index contributed by atoms with van der Waals surface area (Å²) in [6.45, 7) is 3.54. The van der Waals surface area contributed by atoms with E-state index in [0.717, 1.165) is 5.56 Å². The number of carboxylic acid groups (broad SMARTS) is 1. The van der Waals surface area contributed by atoms with Gasteiger partial charge in [0.1, 0.15) is 11.5 Å². The topological polar surface area (TPSA) is 99.8 Å². The molecule has 1 saturated heterocycles. The Balaban J connectivity index is 1.78. The van der Waals surface area contributed by atoms with E-state index in [9.17, 15) is 23.5 Å². The summed E-state index contributed by atoms with van der Waals surface area (Å²) in [7, 11) is 0. The van der Waals surface area contributed by atoms with E-state index in [1.54, 1.807) is 25.3 Å². The molecule has 0 unspecified atom stereocenters. The van der Waals surface area contributed by atoms with Crippen molar-refractivity contribution < 1.29 is 18.7 Å². The highest BCUT2D eigenvalue weighted by Crippen LogP contribution is 2.30. The van der Waals surface area contributed by atoms with Crippen LogP contribution in [-0.2, 0) is 0 Å². The van der Waals surface area contributed by atoms with Crippen molar-refractivity contribution in [1.29, 1.82) is 0 Å². The maximum absolute atomic E-state index is 13.9. The van der Waals surface area contributed by atoms with E-state index < -0.39 is 24.5 Å². The zero-order valence-corrected chi connectivity index (χ0v) is 17.7. The maximum Gasteiger partial charge on any atom is 0.356 e. The van der Waals surface area contributed by atoms with Gasteiger partial charge in [0.15, 0.2) is 5.69 Å². The molecular formula is C22H23F2N5O3. The number of alkyl halides is 2. The van der Waals surface area contributed by atoms with E-state index in [1.807, 2.05) is 13.0 Å². The number of fused-ring (bicyclic) bond motifs is 1. The van der Waals surface area contributed by atoms with Gasteiger partial charge < -0.3 is 15.3 Å². The molecule has 168 valence electrons. The van der Waals surface area contributed by atoms with Crippen LogP contribution in [0.25, 0.3) is 5.65 Å². The molecule has 0 aromatic carbocycles. The van der Waals surface area contributed by atoms with Crippen LogP contribution in [0.1, 0.15) is 47.4 Å². The zero-order valence-electron chi connectivity index (χ0n) is 17.7. The predicted octanol–water partition coefficient (Wildman–Crippen LogP) is 3.50. The molecular weight excluding hydrogens is 420 g/mol. The second kappa shape index (κ2) is 8.18. The summed E-state index contributed by atoms with van der Waals surface area (Å²) < 4.78 is 29.3. The molecule has 4 heterocycles. The number of carbonyl (C=O) groups is 1. The van der Waals surface area contributed by atoms with E-state index in [4.69, 9.17) is 0 Å². The van der Waals surface area contributed by atoms with Crippen molar-refractivity contribution in [3.63, 3.8) is 0 Å². The monoisotopic (exact) mass is 443 g/mol. The van der Waals surface area contributed by atoms with Crippen molar-refractivity contribution >= 4 is 23.1 Å². The smallest absolute Gasteiger partial charge is 0.356 e. The number of anilines is 2. The van der Waals surface area contributed by atoms with Gasteiger partial charge in [0.2, 0.25) is 0 Å². The number of pyridine rings is 2. The molecule has 0 spiro atoms. The van der Waals surface area contributed by atoms with Crippen molar-refractivity contribution in [3.05, 3.63) is 63.8 Å². The van der Waals surface area contributed by atoms with E-state index in [1.165, 1.54) is 21.6 Å². The lowest BCUT2D eigenvalue weighted by atomic mass is 10.1. The molecule has 3 aromatic heterocycles. The summed E-state index contributed by atoms with van der Waals surface area (Å²) in [4.78, 5) is 34.2. The first kappa shape index (κ1) is 21.7. The van der Waals surface area contributed by atoms with Crippen molar-refractivity contribution in [2.45, 2.75) is 38.7 Å². The van der Waals surface area contributed by atoms with Crippen LogP contribution < -0.4 is 15.8 Å². The van der Waals surface area contributed by atoms with Gasteiger partial charge in [-0.25, -0.2) is 23.5 Å². The summed E-state index contributed by atoms with van der Waals surface area (Å²) >= 11 is 0. The van der Waals surface area contributed by atoms with Crippen LogP contribution in [0.4, 0.5) is 20.3 Å². The fourth-order valence-corrected chi connectivity index (χ4v) is 4.00. The molecule has 1 fully saturated rings. The van der Waals surface area contributed by atoms with Crippen LogP contribution in [0.3, 0.4) is 0 Å². The summed E-state index contributed by atoms with van der Waals surface area (Å²) in [6, 6.07) is 5.89. The second-order valence-electron chi connectivity index (χ2n) is 8.07. The van der Waals surface area contributed by atoms with Gasteiger partial charge in [0.25, 0.3) is 11.5 Å². The number of halogens is 2. The Kier molecular flexibility index (Phi) is 5.53. The van der Waals surface area contributed by atoms with Crippen LogP contribution in [0.5, 0.6) is 0 Å². The molecule has 1 aliphatic rings. The highest BCUT2D eigenvalue weighted by molar-refractivity contribution is 5.91. The number of piperidine rings is 1. The minimum Gasteiger partial charge on any atom is -0.476 e. The van der Waals surface area contributed by atoms with E-state index >= 15 is 0 Å². The third-order valence-electron chi connectivity index (χ3n) is 5.48. The Labute approximate surface area is 182 Å². The van der Waals surface area contributed by atoms with Crippen LogP contribution in [0.2, 0.25) is 0 Å². The quantitative estimate of drug-likeness (QED) is 0.623. The lowest BCUT2D eigenvalue weighted by Gasteiger charge is -2.33. The Morgan fingerprint density at radius 1 is 1.34 bits per heavy atom. The van der Waals surface area contributed by atoms with E-state index in [2.05, 4.69) is 15.3 Å². The molecule has 0 amide bonds. The predicted molar refractivity (Wildman–Crippen MR) is 116 cm³/mol. The minimum absolute atomic E-state index is 0.127. The van der Waals surface area contributed by atoms with Crippen molar-refractivity contribution in [2.24, 2.45) is 0 Å². The summed E-state index contributed by atoms with van der Waals surface area (Å²) in [6.07, 6.45) is 3.16. The fourth-order valence-electron chi connectivity index (χ4n) is 4.00.